The monoisotopic (exact) mass is 421 g/mol. The molecule has 162 valence electrons. The molecular formula is C19H23N3O8. The highest BCUT2D eigenvalue weighted by atomic mass is 16.7. The van der Waals surface area contributed by atoms with Crippen LogP contribution in [0.1, 0.15) is 12.5 Å². The predicted molar refractivity (Wildman–Crippen MR) is 103 cm³/mol. The van der Waals surface area contributed by atoms with Crippen LogP contribution >= 0.6 is 0 Å². The van der Waals surface area contributed by atoms with Gasteiger partial charge in [-0.25, -0.2) is 4.79 Å². The molecule has 1 aliphatic heterocycles. The van der Waals surface area contributed by atoms with Gasteiger partial charge in [0, 0.05) is 18.7 Å². The minimum atomic E-state index is -1.57. The molecule has 0 saturated carbocycles. The largest absolute Gasteiger partial charge is 0.462 e. The van der Waals surface area contributed by atoms with E-state index in [1.165, 1.54) is 23.8 Å². The Morgan fingerprint density at radius 3 is 2.60 bits per heavy atom. The van der Waals surface area contributed by atoms with Crippen molar-refractivity contribution in [3.05, 3.63) is 52.6 Å². The van der Waals surface area contributed by atoms with Gasteiger partial charge in [-0.1, -0.05) is 18.2 Å². The number of benzene rings is 1. The summed E-state index contributed by atoms with van der Waals surface area (Å²) in [6, 6.07) is 8.14. The highest BCUT2D eigenvalue weighted by Crippen LogP contribution is 2.26. The summed E-state index contributed by atoms with van der Waals surface area (Å²) in [5.74, 6) is 0.0483. The summed E-state index contributed by atoms with van der Waals surface area (Å²) in [4.78, 5) is 27.1. The molecule has 5 N–H and O–H groups in total. The Hall–Kier alpha value is -2.83. The lowest BCUT2D eigenvalue weighted by molar-refractivity contribution is -0.277. The molecule has 1 aromatic carbocycles. The standard InChI is InChI=1S/C19H23N3O8/c1-10(24)20-14-6-7-22(19(28)21-14)8-11-4-2-3-5-12(11)29-18-17(27)16(26)15(25)13(9-23)30-18/h2-7,13,15-18,23,25-27H,8-9H2,1H3,(H,20,21,24,28)/t13-,15-,16+,17-,18-/m1/s1. The van der Waals surface area contributed by atoms with E-state index in [1.54, 1.807) is 24.3 Å². The number of nitrogens with zero attached hydrogens (tertiary/aromatic N) is 2. The van der Waals surface area contributed by atoms with Crippen LogP contribution in [-0.4, -0.2) is 73.2 Å². The fourth-order valence-electron chi connectivity index (χ4n) is 3.02. The third-order valence-corrected chi connectivity index (χ3v) is 4.58. The first-order chi connectivity index (χ1) is 14.3. The van der Waals surface area contributed by atoms with Crippen LogP contribution in [0.4, 0.5) is 5.82 Å². The Labute approximate surface area is 171 Å². The molecule has 1 saturated heterocycles. The van der Waals surface area contributed by atoms with Crippen molar-refractivity contribution in [3.63, 3.8) is 0 Å². The van der Waals surface area contributed by atoms with Crippen molar-refractivity contribution in [2.45, 2.75) is 44.2 Å². The van der Waals surface area contributed by atoms with Gasteiger partial charge in [0.15, 0.2) is 0 Å². The molecule has 3 rings (SSSR count). The fourth-order valence-corrected chi connectivity index (χ4v) is 3.02. The molecule has 1 aromatic heterocycles. The molecule has 1 fully saturated rings. The fraction of sp³-hybridized carbons (Fsp3) is 0.421. The van der Waals surface area contributed by atoms with Crippen molar-refractivity contribution in [3.8, 4) is 5.75 Å². The van der Waals surface area contributed by atoms with Crippen LogP contribution in [-0.2, 0) is 16.1 Å². The van der Waals surface area contributed by atoms with E-state index < -0.39 is 43.0 Å². The number of hydrogen-bond acceptors (Lipinski definition) is 9. The number of anilines is 1. The first-order valence-electron chi connectivity index (χ1n) is 9.20. The van der Waals surface area contributed by atoms with E-state index in [4.69, 9.17) is 9.47 Å². The lowest BCUT2D eigenvalue weighted by Crippen LogP contribution is -2.60. The zero-order valence-corrected chi connectivity index (χ0v) is 16.1. The van der Waals surface area contributed by atoms with Crippen LogP contribution in [0.3, 0.4) is 0 Å². The maximum Gasteiger partial charge on any atom is 0.349 e. The number of aromatic nitrogens is 2. The third-order valence-electron chi connectivity index (χ3n) is 4.58. The molecule has 11 nitrogen and oxygen atoms in total. The first-order valence-corrected chi connectivity index (χ1v) is 9.20. The average Bonchev–Trinajstić information content (AvgIpc) is 2.71. The summed E-state index contributed by atoms with van der Waals surface area (Å²) >= 11 is 0. The Balaban J connectivity index is 1.80. The number of carbonyl (C=O) groups excluding carboxylic acids is 1. The number of aliphatic hydroxyl groups excluding tert-OH is 4. The van der Waals surface area contributed by atoms with Crippen molar-refractivity contribution in [2.75, 3.05) is 11.9 Å². The van der Waals surface area contributed by atoms with Crippen molar-refractivity contribution < 1.29 is 34.7 Å². The van der Waals surface area contributed by atoms with Gasteiger partial charge in [0.2, 0.25) is 12.2 Å². The van der Waals surface area contributed by atoms with Crippen molar-refractivity contribution in [1.29, 1.82) is 0 Å². The minimum Gasteiger partial charge on any atom is -0.462 e. The second-order valence-electron chi connectivity index (χ2n) is 6.83. The Bertz CT molecular complexity index is 947. The van der Waals surface area contributed by atoms with Crippen molar-refractivity contribution in [1.82, 2.24) is 9.55 Å². The van der Waals surface area contributed by atoms with Crippen LogP contribution in [0, 0.1) is 0 Å². The number of carbonyl (C=O) groups is 1. The van der Waals surface area contributed by atoms with E-state index in [1.807, 2.05) is 0 Å². The first kappa shape index (κ1) is 21.9. The maximum atomic E-state index is 12.2. The number of para-hydroxylation sites is 1. The molecule has 30 heavy (non-hydrogen) atoms. The van der Waals surface area contributed by atoms with Gasteiger partial charge in [-0.05, 0) is 12.1 Å². The molecule has 0 unspecified atom stereocenters. The summed E-state index contributed by atoms with van der Waals surface area (Å²) in [6.45, 7) is 0.799. The van der Waals surface area contributed by atoms with Crippen LogP contribution in [0.5, 0.6) is 5.75 Å². The van der Waals surface area contributed by atoms with Crippen LogP contribution in [0.2, 0.25) is 0 Å². The summed E-state index contributed by atoms with van der Waals surface area (Å²) < 4.78 is 12.3. The quantitative estimate of drug-likeness (QED) is 0.371. The lowest BCUT2D eigenvalue weighted by atomic mass is 9.99. The summed E-state index contributed by atoms with van der Waals surface area (Å²) in [5.41, 5.74) is -0.0467. The molecule has 0 bridgehead atoms. The molecule has 2 heterocycles. The second kappa shape index (κ2) is 9.32. The van der Waals surface area contributed by atoms with E-state index in [0.29, 0.717) is 5.56 Å². The smallest absolute Gasteiger partial charge is 0.349 e. The van der Waals surface area contributed by atoms with Gasteiger partial charge in [0.25, 0.3) is 0 Å². The molecule has 0 radical (unpaired) electrons. The molecule has 5 atom stereocenters. The maximum absolute atomic E-state index is 12.2. The minimum absolute atomic E-state index is 0.0692. The SMILES string of the molecule is CC(=O)Nc1ccn(Cc2ccccc2O[C@@H]2O[C@H](CO)[C@@H](O)[C@H](O)[C@H]2O)c(=O)n1. The lowest BCUT2D eigenvalue weighted by Gasteiger charge is -2.39. The van der Waals surface area contributed by atoms with Crippen molar-refractivity contribution >= 4 is 11.7 Å². The van der Waals surface area contributed by atoms with Crippen LogP contribution in [0.25, 0.3) is 0 Å². The number of ether oxygens (including phenoxy) is 2. The zero-order valence-electron chi connectivity index (χ0n) is 16.1. The number of nitrogens with one attached hydrogen (secondary N) is 1. The number of hydrogen-bond donors (Lipinski definition) is 5. The highest BCUT2D eigenvalue weighted by molar-refractivity contribution is 5.87. The van der Waals surface area contributed by atoms with Gasteiger partial charge < -0.3 is 35.2 Å². The predicted octanol–water partition coefficient (Wildman–Crippen LogP) is -1.57. The summed E-state index contributed by atoms with van der Waals surface area (Å²) in [5, 5.41) is 41.7. The molecule has 1 aliphatic rings. The highest BCUT2D eigenvalue weighted by Gasteiger charge is 2.44. The van der Waals surface area contributed by atoms with Gasteiger partial charge in [0.1, 0.15) is 36.0 Å². The average molecular weight is 421 g/mol. The van der Waals surface area contributed by atoms with E-state index in [-0.39, 0.29) is 24.0 Å². The van der Waals surface area contributed by atoms with E-state index in [2.05, 4.69) is 10.3 Å². The molecule has 0 spiro atoms. The number of aliphatic hydroxyl groups is 4. The van der Waals surface area contributed by atoms with Crippen molar-refractivity contribution in [2.24, 2.45) is 0 Å². The van der Waals surface area contributed by atoms with Crippen LogP contribution in [0.15, 0.2) is 41.3 Å². The van der Waals surface area contributed by atoms with Crippen LogP contribution < -0.4 is 15.7 Å². The number of amides is 1. The molecule has 1 amide bonds. The van der Waals surface area contributed by atoms with Gasteiger partial charge in [-0.3, -0.25) is 9.36 Å². The number of rotatable bonds is 6. The molecule has 0 aliphatic carbocycles. The molecular weight excluding hydrogens is 398 g/mol. The van der Waals surface area contributed by atoms with E-state index in [0.717, 1.165) is 0 Å². The summed E-state index contributed by atoms with van der Waals surface area (Å²) in [7, 11) is 0. The Morgan fingerprint density at radius 1 is 1.20 bits per heavy atom. The Kier molecular flexibility index (Phi) is 6.80. The van der Waals surface area contributed by atoms with E-state index in [9.17, 15) is 30.0 Å². The van der Waals surface area contributed by atoms with Gasteiger partial charge in [0.05, 0.1) is 13.2 Å². The van der Waals surface area contributed by atoms with Gasteiger partial charge >= 0.3 is 5.69 Å². The van der Waals surface area contributed by atoms with Gasteiger partial charge in [-0.15, -0.1) is 0 Å². The van der Waals surface area contributed by atoms with E-state index >= 15 is 0 Å². The molecule has 2 aromatic rings. The topological polar surface area (TPSA) is 163 Å². The van der Waals surface area contributed by atoms with Gasteiger partial charge in [-0.2, -0.15) is 4.98 Å². The second-order valence-corrected chi connectivity index (χ2v) is 6.83. The third kappa shape index (κ3) is 4.83. The molecule has 11 heteroatoms. The zero-order chi connectivity index (χ0) is 21.8. The summed E-state index contributed by atoms with van der Waals surface area (Å²) in [6.07, 6.45) is -5.61. The Morgan fingerprint density at radius 2 is 1.93 bits per heavy atom. The normalized spacial score (nSPS) is 26.2.